The minimum atomic E-state index is -4.66. The smallest absolute Gasteiger partial charge is 0.379 e. The maximum atomic E-state index is 12.3. The van der Waals surface area contributed by atoms with Crippen LogP contribution in [0.15, 0.2) is 18.5 Å². The molecule has 0 aromatic carbocycles. The first-order valence-corrected chi connectivity index (χ1v) is 5.82. The second-order valence-corrected chi connectivity index (χ2v) is 4.52. The molecular formula is C12H17F3N2O2. The normalized spacial score (nSPS) is 13.4. The van der Waals surface area contributed by atoms with Crippen molar-refractivity contribution in [3.8, 4) is 0 Å². The van der Waals surface area contributed by atoms with Crippen molar-refractivity contribution in [2.24, 2.45) is 0 Å². The lowest BCUT2D eigenvalue weighted by Gasteiger charge is -2.12. The first-order valence-electron chi connectivity index (χ1n) is 5.82. The Bertz CT molecular complexity index is 427. The molecule has 0 aliphatic carbocycles. The quantitative estimate of drug-likeness (QED) is 0.894. The molecule has 1 amide bonds. The summed E-state index contributed by atoms with van der Waals surface area (Å²) in [6, 6.07) is 1.23. The van der Waals surface area contributed by atoms with Crippen molar-refractivity contribution in [3.05, 3.63) is 24.0 Å². The van der Waals surface area contributed by atoms with Crippen molar-refractivity contribution in [1.82, 2.24) is 9.47 Å². The molecule has 0 saturated heterocycles. The van der Waals surface area contributed by atoms with Crippen molar-refractivity contribution in [2.75, 3.05) is 14.1 Å². The Hall–Kier alpha value is -1.50. The van der Waals surface area contributed by atoms with E-state index in [1.165, 1.54) is 27.9 Å². The van der Waals surface area contributed by atoms with Crippen LogP contribution in [0.25, 0.3) is 0 Å². The fourth-order valence-electron chi connectivity index (χ4n) is 1.59. The molecule has 1 rings (SSSR count). The largest absolute Gasteiger partial charge is 0.418 e. The van der Waals surface area contributed by atoms with Gasteiger partial charge in [-0.15, -0.1) is 0 Å². The highest BCUT2D eigenvalue weighted by molar-refractivity contribution is 5.75. The van der Waals surface area contributed by atoms with Crippen LogP contribution in [0.2, 0.25) is 0 Å². The Morgan fingerprint density at radius 2 is 2.11 bits per heavy atom. The van der Waals surface area contributed by atoms with Gasteiger partial charge >= 0.3 is 6.18 Å². The zero-order valence-electron chi connectivity index (χ0n) is 10.8. The Balaban J connectivity index is 2.50. The van der Waals surface area contributed by atoms with Crippen LogP contribution in [0.5, 0.6) is 0 Å². The molecule has 4 nitrogen and oxygen atoms in total. The number of nitrogens with zero attached hydrogens (tertiary/aromatic N) is 2. The Morgan fingerprint density at radius 3 is 2.63 bits per heavy atom. The number of hydrogen-bond acceptors (Lipinski definition) is 2. The van der Waals surface area contributed by atoms with Crippen molar-refractivity contribution >= 4 is 5.91 Å². The lowest BCUT2D eigenvalue weighted by molar-refractivity contribution is -0.206. The third-order valence-corrected chi connectivity index (χ3v) is 2.70. The fourth-order valence-corrected chi connectivity index (χ4v) is 1.59. The Kier molecular flexibility index (Phi) is 4.99. The van der Waals surface area contributed by atoms with Crippen LogP contribution in [0.4, 0.5) is 13.2 Å². The van der Waals surface area contributed by atoms with E-state index in [-0.39, 0.29) is 11.5 Å². The molecule has 1 unspecified atom stereocenters. The Labute approximate surface area is 109 Å². The highest BCUT2D eigenvalue weighted by Crippen LogP contribution is 2.32. The van der Waals surface area contributed by atoms with Gasteiger partial charge < -0.3 is 14.6 Å². The summed E-state index contributed by atoms with van der Waals surface area (Å²) in [6.45, 7) is 0.435. The number of aliphatic hydroxyl groups is 1. The molecule has 1 aromatic heterocycles. The first-order chi connectivity index (χ1) is 8.71. The number of amides is 1. The van der Waals surface area contributed by atoms with Gasteiger partial charge in [-0.05, 0) is 12.5 Å². The molecule has 0 bridgehead atoms. The minimum absolute atomic E-state index is 0.0253. The number of hydrogen-bond donors (Lipinski definition) is 1. The van der Waals surface area contributed by atoms with Crippen LogP contribution in [-0.4, -0.2) is 40.8 Å². The van der Waals surface area contributed by atoms with E-state index in [1.807, 2.05) is 0 Å². The third kappa shape index (κ3) is 4.59. The standard InChI is InChI=1S/C12H17F3N2O2/c1-16(2)10(18)4-3-6-17-7-5-9(8-17)11(19)12(13,14)15/h5,7-8,11,19H,3-4,6H2,1-2H3. The van der Waals surface area contributed by atoms with Gasteiger partial charge in [0.15, 0.2) is 6.10 Å². The molecule has 7 heteroatoms. The van der Waals surface area contributed by atoms with Crippen LogP contribution < -0.4 is 0 Å². The van der Waals surface area contributed by atoms with E-state index in [4.69, 9.17) is 5.11 Å². The molecule has 0 aliphatic rings. The molecule has 1 atom stereocenters. The van der Waals surface area contributed by atoms with E-state index in [0.29, 0.717) is 19.4 Å². The number of halogens is 3. The lowest BCUT2D eigenvalue weighted by Crippen LogP contribution is -2.21. The van der Waals surface area contributed by atoms with Crippen LogP contribution >= 0.6 is 0 Å². The maximum absolute atomic E-state index is 12.3. The van der Waals surface area contributed by atoms with Gasteiger partial charge in [0.1, 0.15) is 0 Å². The summed E-state index contributed by atoms with van der Waals surface area (Å²) in [5.41, 5.74) is -0.188. The topological polar surface area (TPSA) is 45.5 Å². The van der Waals surface area contributed by atoms with E-state index in [2.05, 4.69) is 0 Å². The third-order valence-electron chi connectivity index (χ3n) is 2.70. The highest BCUT2D eigenvalue weighted by Gasteiger charge is 2.39. The van der Waals surface area contributed by atoms with Gasteiger partial charge in [0, 0.05) is 45.0 Å². The van der Waals surface area contributed by atoms with Crippen molar-refractivity contribution in [3.63, 3.8) is 0 Å². The molecule has 19 heavy (non-hydrogen) atoms. The second kappa shape index (κ2) is 6.10. The van der Waals surface area contributed by atoms with Gasteiger partial charge in [0.25, 0.3) is 0 Å². The zero-order valence-corrected chi connectivity index (χ0v) is 10.8. The number of alkyl halides is 3. The zero-order chi connectivity index (χ0) is 14.6. The lowest BCUT2D eigenvalue weighted by atomic mass is 10.2. The SMILES string of the molecule is CN(C)C(=O)CCCn1ccc(C(O)C(F)(F)F)c1. The Morgan fingerprint density at radius 1 is 1.47 bits per heavy atom. The number of carbonyl (C=O) groups is 1. The number of aliphatic hydroxyl groups excluding tert-OH is 1. The van der Waals surface area contributed by atoms with Crippen molar-refractivity contribution < 1.29 is 23.1 Å². The van der Waals surface area contributed by atoms with Gasteiger partial charge in [-0.3, -0.25) is 4.79 Å². The molecular weight excluding hydrogens is 261 g/mol. The van der Waals surface area contributed by atoms with Gasteiger partial charge in [0.2, 0.25) is 5.91 Å². The predicted octanol–water partition coefficient (Wildman–Crippen LogP) is 1.95. The van der Waals surface area contributed by atoms with Crippen molar-refractivity contribution in [1.29, 1.82) is 0 Å². The average molecular weight is 278 g/mol. The van der Waals surface area contributed by atoms with Gasteiger partial charge in [-0.25, -0.2) is 0 Å². The molecule has 1 heterocycles. The van der Waals surface area contributed by atoms with E-state index < -0.39 is 12.3 Å². The number of aromatic nitrogens is 1. The van der Waals surface area contributed by atoms with Crippen LogP contribution in [-0.2, 0) is 11.3 Å². The van der Waals surface area contributed by atoms with E-state index >= 15 is 0 Å². The predicted molar refractivity (Wildman–Crippen MR) is 63.4 cm³/mol. The van der Waals surface area contributed by atoms with E-state index in [9.17, 15) is 18.0 Å². The first kappa shape index (κ1) is 15.6. The molecule has 0 fully saturated rings. The van der Waals surface area contributed by atoms with Gasteiger partial charge in [-0.2, -0.15) is 13.2 Å². The molecule has 0 saturated carbocycles. The monoisotopic (exact) mass is 278 g/mol. The highest BCUT2D eigenvalue weighted by atomic mass is 19.4. The average Bonchev–Trinajstić information content (AvgIpc) is 2.75. The van der Waals surface area contributed by atoms with Crippen molar-refractivity contribution in [2.45, 2.75) is 31.7 Å². The molecule has 108 valence electrons. The summed E-state index contributed by atoms with van der Waals surface area (Å²) >= 11 is 0. The summed E-state index contributed by atoms with van der Waals surface area (Å²) in [6.07, 6.45) is -3.54. The van der Waals surface area contributed by atoms with Crippen LogP contribution in [0.3, 0.4) is 0 Å². The molecule has 0 aliphatic heterocycles. The summed E-state index contributed by atoms with van der Waals surface area (Å²) in [5.74, 6) is -0.0253. The maximum Gasteiger partial charge on any atom is 0.418 e. The minimum Gasteiger partial charge on any atom is -0.379 e. The van der Waals surface area contributed by atoms with E-state index in [0.717, 1.165) is 0 Å². The molecule has 0 radical (unpaired) electrons. The van der Waals surface area contributed by atoms with Gasteiger partial charge in [-0.1, -0.05) is 0 Å². The number of aryl methyl sites for hydroxylation is 1. The number of carbonyl (C=O) groups excluding carboxylic acids is 1. The van der Waals surface area contributed by atoms with Crippen LogP contribution in [0.1, 0.15) is 24.5 Å². The van der Waals surface area contributed by atoms with Gasteiger partial charge in [0.05, 0.1) is 0 Å². The molecule has 0 spiro atoms. The number of rotatable bonds is 5. The van der Waals surface area contributed by atoms with E-state index in [1.54, 1.807) is 14.1 Å². The fraction of sp³-hybridized carbons (Fsp3) is 0.583. The molecule has 1 N–H and O–H groups in total. The summed E-state index contributed by atoms with van der Waals surface area (Å²) in [7, 11) is 3.30. The summed E-state index contributed by atoms with van der Waals surface area (Å²) in [4.78, 5) is 12.8. The van der Waals surface area contributed by atoms with Crippen LogP contribution in [0, 0.1) is 0 Å². The molecule has 1 aromatic rings. The summed E-state index contributed by atoms with van der Waals surface area (Å²) in [5, 5.41) is 9.06. The second-order valence-electron chi connectivity index (χ2n) is 4.52. The summed E-state index contributed by atoms with van der Waals surface area (Å²) < 4.78 is 38.4.